The van der Waals surface area contributed by atoms with E-state index in [9.17, 15) is 27.6 Å². The molecule has 0 heterocycles. The molecule has 0 radical (unpaired) electrons. The molecule has 1 aromatic carbocycles. The van der Waals surface area contributed by atoms with Gasteiger partial charge in [0.2, 0.25) is 5.91 Å². The number of Topliss-reactive ketones (excluding diaryl/α,β-unsaturated/α-hetero) is 2. The smallest absolute Gasteiger partial charge is 0.422 e. The van der Waals surface area contributed by atoms with E-state index in [0.717, 1.165) is 0 Å². The summed E-state index contributed by atoms with van der Waals surface area (Å²) < 4.78 is 41.8. The Balaban J connectivity index is 2.21. The SMILES string of the molecule is Cc1cc(OCC(F)(F)F)cc(C)c1C1C(=O)CC(CC(=O)NC(C)C)C1=O. The molecule has 1 saturated carbocycles. The van der Waals surface area contributed by atoms with Gasteiger partial charge >= 0.3 is 6.18 Å². The highest BCUT2D eigenvalue weighted by atomic mass is 19.4. The molecule has 154 valence electrons. The number of alkyl halides is 3. The van der Waals surface area contributed by atoms with Crippen LogP contribution in [0.2, 0.25) is 0 Å². The molecular weight excluding hydrogens is 375 g/mol. The van der Waals surface area contributed by atoms with E-state index in [1.807, 2.05) is 0 Å². The zero-order valence-electron chi connectivity index (χ0n) is 16.3. The van der Waals surface area contributed by atoms with Crippen molar-refractivity contribution in [3.63, 3.8) is 0 Å². The first-order valence-electron chi connectivity index (χ1n) is 9.05. The number of ether oxygens (including phenoxy) is 1. The van der Waals surface area contributed by atoms with Gasteiger partial charge in [0.1, 0.15) is 17.5 Å². The molecule has 5 nitrogen and oxygen atoms in total. The van der Waals surface area contributed by atoms with Crippen molar-refractivity contribution in [2.45, 2.75) is 58.7 Å². The van der Waals surface area contributed by atoms with Crippen molar-refractivity contribution in [2.75, 3.05) is 6.61 Å². The van der Waals surface area contributed by atoms with Crippen molar-refractivity contribution in [3.05, 3.63) is 28.8 Å². The summed E-state index contributed by atoms with van der Waals surface area (Å²) in [6.07, 6.45) is -4.52. The van der Waals surface area contributed by atoms with Gasteiger partial charge in [-0.1, -0.05) is 0 Å². The number of carbonyl (C=O) groups is 3. The van der Waals surface area contributed by atoms with E-state index >= 15 is 0 Å². The lowest BCUT2D eigenvalue weighted by Gasteiger charge is -2.18. The average Bonchev–Trinajstić information content (AvgIpc) is 2.78. The van der Waals surface area contributed by atoms with Gasteiger partial charge in [-0.05, 0) is 56.5 Å². The Labute approximate surface area is 161 Å². The van der Waals surface area contributed by atoms with Crippen molar-refractivity contribution in [1.82, 2.24) is 5.32 Å². The molecule has 1 amide bonds. The second kappa shape index (κ2) is 8.32. The van der Waals surface area contributed by atoms with Gasteiger partial charge in [0, 0.05) is 24.8 Å². The van der Waals surface area contributed by atoms with Crippen LogP contribution < -0.4 is 10.1 Å². The minimum absolute atomic E-state index is 0.0137. The fourth-order valence-corrected chi connectivity index (χ4v) is 3.58. The van der Waals surface area contributed by atoms with Gasteiger partial charge in [-0.2, -0.15) is 13.2 Å². The van der Waals surface area contributed by atoms with E-state index in [-0.39, 0.29) is 42.1 Å². The number of rotatable bonds is 6. The zero-order valence-corrected chi connectivity index (χ0v) is 16.3. The van der Waals surface area contributed by atoms with Crippen LogP contribution in [-0.2, 0) is 14.4 Å². The van der Waals surface area contributed by atoms with Crippen LogP contribution in [-0.4, -0.2) is 36.3 Å². The number of halogens is 3. The molecule has 0 bridgehead atoms. The van der Waals surface area contributed by atoms with Crippen molar-refractivity contribution < 1.29 is 32.3 Å². The third-order valence-electron chi connectivity index (χ3n) is 4.60. The van der Waals surface area contributed by atoms with Crippen LogP contribution in [0.1, 0.15) is 49.3 Å². The highest BCUT2D eigenvalue weighted by Gasteiger charge is 2.44. The number of amides is 1. The van der Waals surface area contributed by atoms with E-state index in [1.54, 1.807) is 27.7 Å². The molecule has 0 spiro atoms. The first-order chi connectivity index (χ1) is 12.9. The van der Waals surface area contributed by atoms with Crippen LogP contribution in [0.15, 0.2) is 12.1 Å². The average molecular weight is 399 g/mol. The van der Waals surface area contributed by atoms with Gasteiger partial charge in [0.15, 0.2) is 12.4 Å². The normalized spacial score (nSPS) is 20.0. The Bertz CT molecular complexity index is 763. The molecule has 8 heteroatoms. The summed E-state index contributed by atoms with van der Waals surface area (Å²) in [4.78, 5) is 37.3. The third kappa shape index (κ3) is 5.33. The van der Waals surface area contributed by atoms with Gasteiger partial charge in [0.25, 0.3) is 0 Å². The molecule has 1 aliphatic rings. The third-order valence-corrected chi connectivity index (χ3v) is 4.60. The second-order valence-corrected chi connectivity index (χ2v) is 7.50. The topological polar surface area (TPSA) is 72.5 Å². The summed E-state index contributed by atoms with van der Waals surface area (Å²) in [7, 11) is 0. The molecule has 2 atom stereocenters. The zero-order chi connectivity index (χ0) is 21.2. The van der Waals surface area contributed by atoms with Crippen LogP contribution in [0.4, 0.5) is 13.2 Å². The molecule has 0 aliphatic heterocycles. The molecule has 0 aromatic heterocycles. The van der Waals surface area contributed by atoms with Crippen molar-refractivity contribution in [2.24, 2.45) is 5.92 Å². The number of nitrogens with one attached hydrogen (secondary N) is 1. The van der Waals surface area contributed by atoms with Crippen LogP contribution in [0.25, 0.3) is 0 Å². The maximum atomic E-state index is 12.8. The van der Waals surface area contributed by atoms with Crippen LogP contribution in [0, 0.1) is 19.8 Å². The first-order valence-corrected chi connectivity index (χ1v) is 9.05. The molecule has 28 heavy (non-hydrogen) atoms. The Kier molecular flexibility index (Phi) is 6.52. The quantitative estimate of drug-likeness (QED) is 0.745. The molecule has 1 aromatic rings. The summed E-state index contributed by atoms with van der Waals surface area (Å²) in [5.41, 5.74) is 1.51. The van der Waals surface area contributed by atoms with E-state index in [4.69, 9.17) is 4.74 Å². The lowest BCUT2D eigenvalue weighted by atomic mass is 9.87. The Hall–Kier alpha value is -2.38. The monoisotopic (exact) mass is 399 g/mol. The number of hydrogen-bond donors (Lipinski definition) is 1. The van der Waals surface area contributed by atoms with Crippen LogP contribution in [0.3, 0.4) is 0 Å². The Morgan fingerprint density at radius 2 is 1.79 bits per heavy atom. The van der Waals surface area contributed by atoms with E-state index in [0.29, 0.717) is 16.7 Å². The lowest BCUT2D eigenvalue weighted by Crippen LogP contribution is -2.32. The van der Waals surface area contributed by atoms with E-state index in [1.165, 1.54) is 12.1 Å². The largest absolute Gasteiger partial charge is 0.484 e. The van der Waals surface area contributed by atoms with Crippen LogP contribution in [0.5, 0.6) is 5.75 Å². The van der Waals surface area contributed by atoms with Gasteiger partial charge in [-0.15, -0.1) is 0 Å². The standard InChI is InChI=1S/C20H24F3NO4/c1-10(2)24-16(26)8-13-7-15(25)18(19(13)27)17-11(3)5-14(6-12(17)4)28-9-20(21,22)23/h5-6,10,13,18H,7-9H2,1-4H3,(H,24,26). The molecule has 1 fully saturated rings. The molecule has 0 saturated heterocycles. The number of aryl methyl sites for hydroxylation is 2. The maximum Gasteiger partial charge on any atom is 0.422 e. The van der Waals surface area contributed by atoms with Crippen molar-refractivity contribution in [1.29, 1.82) is 0 Å². The highest BCUT2D eigenvalue weighted by molar-refractivity contribution is 6.15. The summed E-state index contributed by atoms with van der Waals surface area (Å²) >= 11 is 0. The fraction of sp³-hybridized carbons (Fsp3) is 0.550. The molecular formula is C20H24F3NO4. The van der Waals surface area contributed by atoms with Gasteiger partial charge in [-0.3, -0.25) is 14.4 Å². The van der Waals surface area contributed by atoms with E-state index < -0.39 is 24.6 Å². The molecule has 2 unspecified atom stereocenters. The minimum atomic E-state index is -4.46. The number of carbonyl (C=O) groups excluding carboxylic acids is 3. The van der Waals surface area contributed by atoms with Crippen molar-refractivity contribution in [3.8, 4) is 5.75 Å². The Morgan fingerprint density at radius 3 is 2.29 bits per heavy atom. The van der Waals surface area contributed by atoms with Gasteiger partial charge in [-0.25, -0.2) is 0 Å². The number of benzene rings is 1. The summed E-state index contributed by atoms with van der Waals surface area (Å²) in [5.74, 6) is -2.53. The fourth-order valence-electron chi connectivity index (χ4n) is 3.58. The lowest BCUT2D eigenvalue weighted by molar-refractivity contribution is -0.153. The summed E-state index contributed by atoms with van der Waals surface area (Å²) in [5, 5.41) is 2.71. The number of hydrogen-bond acceptors (Lipinski definition) is 4. The van der Waals surface area contributed by atoms with Crippen LogP contribution >= 0.6 is 0 Å². The highest BCUT2D eigenvalue weighted by Crippen LogP contribution is 2.38. The second-order valence-electron chi connectivity index (χ2n) is 7.50. The maximum absolute atomic E-state index is 12.8. The van der Waals surface area contributed by atoms with Gasteiger partial charge < -0.3 is 10.1 Å². The predicted octanol–water partition coefficient (Wildman–Crippen LogP) is 3.40. The summed E-state index contributed by atoms with van der Waals surface area (Å²) in [6.45, 7) is 5.44. The Morgan fingerprint density at radius 1 is 1.21 bits per heavy atom. The van der Waals surface area contributed by atoms with Gasteiger partial charge in [0.05, 0.1) is 0 Å². The summed E-state index contributed by atoms with van der Waals surface area (Å²) in [6, 6.07) is 2.73. The molecule has 1 N–H and O–H groups in total. The van der Waals surface area contributed by atoms with Crippen molar-refractivity contribution >= 4 is 17.5 Å². The molecule has 2 rings (SSSR count). The predicted molar refractivity (Wildman–Crippen MR) is 96.2 cm³/mol. The first kappa shape index (κ1) is 21.9. The minimum Gasteiger partial charge on any atom is -0.484 e. The molecule has 1 aliphatic carbocycles. The number of ketones is 2. The van der Waals surface area contributed by atoms with E-state index in [2.05, 4.69) is 5.32 Å².